The molecule has 1 fully saturated rings. The van der Waals surface area contributed by atoms with Crippen molar-refractivity contribution in [3.05, 3.63) is 51.0 Å². The largest absolute Gasteiger partial charge is 0.337 e. The molecule has 2 aliphatic rings. The Bertz CT molecular complexity index is 778. The van der Waals surface area contributed by atoms with Crippen LogP contribution in [0.4, 0.5) is 0 Å². The average Bonchev–Trinajstić information content (AvgIpc) is 2.93. The number of carbonyl (C=O) groups is 1. The van der Waals surface area contributed by atoms with E-state index in [1.165, 1.54) is 16.0 Å². The number of nitrogens with zero attached hydrogens (tertiary/aromatic N) is 3. The summed E-state index contributed by atoms with van der Waals surface area (Å²) in [7, 11) is 0. The van der Waals surface area contributed by atoms with Crippen LogP contribution in [0.3, 0.4) is 0 Å². The predicted molar refractivity (Wildman–Crippen MR) is 109 cm³/mol. The van der Waals surface area contributed by atoms with Crippen LogP contribution in [0.1, 0.15) is 45.4 Å². The molecule has 1 N–H and O–H groups in total. The summed E-state index contributed by atoms with van der Waals surface area (Å²) in [5.74, 6) is 0.224. The summed E-state index contributed by atoms with van der Waals surface area (Å²) >= 11 is 1.74. The molecule has 1 amide bonds. The first kappa shape index (κ1) is 18.6. The van der Waals surface area contributed by atoms with E-state index < -0.39 is 0 Å². The number of rotatable bonds is 4. The third kappa shape index (κ3) is 4.23. The van der Waals surface area contributed by atoms with Gasteiger partial charge in [-0.3, -0.25) is 14.7 Å². The van der Waals surface area contributed by atoms with Crippen LogP contribution >= 0.6 is 11.3 Å². The summed E-state index contributed by atoms with van der Waals surface area (Å²) < 4.78 is 0. The molecule has 144 valence electrons. The Hall–Kier alpha value is -1.76. The molecule has 27 heavy (non-hydrogen) atoms. The second-order valence-electron chi connectivity index (χ2n) is 7.42. The van der Waals surface area contributed by atoms with Gasteiger partial charge in [0.25, 0.3) is 5.91 Å². The number of nitrogens with one attached hydrogen (secondary N) is 1. The second-order valence-corrected chi connectivity index (χ2v) is 8.38. The molecule has 4 heterocycles. The number of hydrogen-bond donors (Lipinski definition) is 1. The minimum Gasteiger partial charge on any atom is -0.337 e. The fraction of sp³-hybridized carbons (Fsp3) is 0.524. The molecular formula is C21H28N4OS. The van der Waals surface area contributed by atoms with E-state index in [9.17, 15) is 4.79 Å². The molecule has 2 aliphatic heterocycles. The van der Waals surface area contributed by atoms with Crippen LogP contribution in [0.5, 0.6) is 0 Å². The first-order valence-corrected chi connectivity index (χ1v) is 10.9. The Balaban J connectivity index is 1.42. The van der Waals surface area contributed by atoms with E-state index in [2.05, 4.69) is 39.6 Å². The van der Waals surface area contributed by atoms with Crippen molar-refractivity contribution in [2.75, 3.05) is 32.7 Å². The molecule has 0 aliphatic carbocycles. The maximum absolute atomic E-state index is 13.0. The van der Waals surface area contributed by atoms with Crippen molar-refractivity contribution in [2.45, 2.75) is 39.3 Å². The van der Waals surface area contributed by atoms with Crippen molar-refractivity contribution < 1.29 is 4.79 Å². The van der Waals surface area contributed by atoms with Crippen LogP contribution in [0.15, 0.2) is 23.7 Å². The molecular weight excluding hydrogens is 356 g/mol. The van der Waals surface area contributed by atoms with Gasteiger partial charge in [0.2, 0.25) is 0 Å². The van der Waals surface area contributed by atoms with Gasteiger partial charge in [0.15, 0.2) is 0 Å². The van der Waals surface area contributed by atoms with Gasteiger partial charge in [-0.05, 0) is 43.0 Å². The molecule has 0 bridgehead atoms. The third-order valence-corrected chi connectivity index (χ3v) is 6.58. The van der Waals surface area contributed by atoms with Crippen LogP contribution in [0, 0.1) is 0 Å². The summed E-state index contributed by atoms with van der Waals surface area (Å²) in [6.07, 6.45) is 5.01. The lowest BCUT2D eigenvalue weighted by Crippen LogP contribution is -2.35. The zero-order valence-electron chi connectivity index (χ0n) is 16.0. The number of pyridine rings is 1. The van der Waals surface area contributed by atoms with E-state index in [-0.39, 0.29) is 5.91 Å². The minimum atomic E-state index is 0.224. The van der Waals surface area contributed by atoms with Gasteiger partial charge < -0.3 is 10.2 Å². The highest BCUT2D eigenvalue weighted by molar-refractivity contribution is 7.10. The van der Waals surface area contributed by atoms with Crippen LogP contribution in [-0.4, -0.2) is 53.4 Å². The topological polar surface area (TPSA) is 48.5 Å². The first-order valence-electron chi connectivity index (χ1n) is 10.00. The number of carbonyl (C=O) groups excluding carboxylic acids is 1. The molecule has 1 saturated heterocycles. The van der Waals surface area contributed by atoms with Gasteiger partial charge in [-0.1, -0.05) is 13.0 Å². The van der Waals surface area contributed by atoms with E-state index >= 15 is 0 Å². The van der Waals surface area contributed by atoms with E-state index in [0.717, 1.165) is 76.3 Å². The lowest BCUT2D eigenvalue weighted by Gasteiger charge is -2.27. The third-order valence-electron chi connectivity index (χ3n) is 5.56. The van der Waals surface area contributed by atoms with Gasteiger partial charge in [0.05, 0.1) is 11.3 Å². The van der Waals surface area contributed by atoms with Gasteiger partial charge in [0, 0.05) is 55.7 Å². The Labute approximate surface area is 165 Å². The molecule has 0 unspecified atom stereocenters. The van der Waals surface area contributed by atoms with Gasteiger partial charge in [0.1, 0.15) is 0 Å². The molecule has 2 aromatic rings. The van der Waals surface area contributed by atoms with Gasteiger partial charge in [-0.2, -0.15) is 0 Å². The lowest BCUT2D eigenvalue weighted by molar-refractivity contribution is 0.0765. The first-order chi connectivity index (χ1) is 13.2. The van der Waals surface area contributed by atoms with Gasteiger partial charge in [-0.25, -0.2) is 0 Å². The summed E-state index contributed by atoms with van der Waals surface area (Å²) in [6, 6.07) is 4.32. The van der Waals surface area contributed by atoms with Crippen molar-refractivity contribution in [2.24, 2.45) is 0 Å². The highest BCUT2D eigenvalue weighted by Crippen LogP contribution is 2.30. The minimum absolute atomic E-state index is 0.224. The van der Waals surface area contributed by atoms with E-state index in [4.69, 9.17) is 0 Å². The molecule has 0 aromatic carbocycles. The molecule has 5 nitrogen and oxygen atoms in total. The highest BCUT2D eigenvalue weighted by atomic mass is 32.1. The summed E-state index contributed by atoms with van der Waals surface area (Å²) in [6.45, 7) is 8.53. The molecule has 0 spiro atoms. The zero-order valence-corrected chi connectivity index (χ0v) is 16.9. The molecule has 0 radical (unpaired) electrons. The van der Waals surface area contributed by atoms with Crippen LogP contribution in [-0.2, 0) is 25.9 Å². The van der Waals surface area contributed by atoms with Crippen molar-refractivity contribution >= 4 is 17.2 Å². The standard InChI is InChI=1S/C21H28N4OS/c1-2-16-4-5-17(23-12-16)13-24-10-6-18-19(15-27-20(18)14-24)21(26)25-9-3-7-22-8-11-25/h4-5,12,15,22H,2-3,6-11,13-14H2,1H3. The average molecular weight is 385 g/mol. The van der Waals surface area contributed by atoms with Crippen LogP contribution in [0.2, 0.25) is 0 Å². The number of amides is 1. The molecule has 4 rings (SSSR count). The number of aromatic nitrogens is 1. The van der Waals surface area contributed by atoms with Gasteiger partial charge >= 0.3 is 0 Å². The smallest absolute Gasteiger partial charge is 0.255 e. The number of fused-ring (bicyclic) bond motifs is 1. The molecule has 0 saturated carbocycles. The number of aryl methyl sites for hydroxylation is 1. The Morgan fingerprint density at radius 1 is 1.26 bits per heavy atom. The maximum atomic E-state index is 13.0. The van der Waals surface area contributed by atoms with E-state index in [0.29, 0.717) is 0 Å². The summed E-state index contributed by atoms with van der Waals surface area (Å²) in [4.78, 5) is 23.4. The fourth-order valence-corrected chi connectivity index (χ4v) is 5.02. The molecule has 2 aromatic heterocycles. The van der Waals surface area contributed by atoms with Crippen LogP contribution < -0.4 is 5.32 Å². The predicted octanol–water partition coefficient (Wildman–Crippen LogP) is 2.70. The SMILES string of the molecule is CCc1ccc(CN2CCc3c(C(=O)N4CCCNCC4)csc3C2)nc1. The Morgan fingerprint density at radius 2 is 2.19 bits per heavy atom. The van der Waals surface area contributed by atoms with Crippen molar-refractivity contribution in [3.63, 3.8) is 0 Å². The Morgan fingerprint density at radius 3 is 3.00 bits per heavy atom. The van der Waals surface area contributed by atoms with Crippen molar-refractivity contribution in [3.8, 4) is 0 Å². The lowest BCUT2D eigenvalue weighted by atomic mass is 10.0. The highest BCUT2D eigenvalue weighted by Gasteiger charge is 2.26. The number of thiophene rings is 1. The van der Waals surface area contributed by atoms with E-state index in [1.54, 1.807) is 11.3 Å². The number of hydrogen-bond acceptors (Lipinski definition) is 5. The molecule has 6 heteroatoms. The summed E-state index contributed by atoms with van der Waals surface area (Å²) in [5, 5.41) is 5.46. The molecule has 0 atom stereocenters. The van der Waals surface area contributed by atoms with Crippen molar-refractivity contribution in [1.82, 2.24) is 20.1 Å². The van der Waals surface area contributed by atoms with Gasteiger partial charge in [-0.15, -0.1) is 11.3 Å². The van der Waals surface area contributed by atoms with Crippen LogP contribution in [0.25, 0.3) is 0 Å². The zero-order chi connectivity index (χ0) is 18.6. The maximum Gasteiger partial charge on any atom is 0.255 e. The van der Waals surface area contributed by atoms with Crippen molar-refractivity contribution in [1.29, 1.82) is 0 Å². The second kappa shape index (κ2) is 8.50. The van der Waals surface area contributed by atoms with E-state index in [1.807, 2.05) is 11.1 Å². The monoisotopic (exact) mass is 384 g/mol. The Kier molecular flexibility index (Phi) is 5.86. The normalized spacial score (nSPS) is 18.2. The fourth-order valence-electron chi connectivity index (χ4n) is 3.90. The quantitative estimate of drug-likeness (QED) is 0.881. The summed E-state index contributed by atoms with van der Waals surface area (Å²) in [5.41, 5.74) is 4.64.